The molecule has 0 fully saturated rings. The molecule has 0 aromatic rings. The standard InChI is InChI=1S/C11H21NO2/c1-14-9-11(13)8-12-7-6-10-4-2-3-5-10/h4,11-13H,2-3,5-9H2,1H3. The first kappa shape index (κ1) is 11.7. The summed E-state index contributed by atoms with van der Waals surface area (Å²) in [5.41, 5.74) is 1.57. The van der Waals surface area contributed by atoms with Gasteiger partial charge in [0.05, 0.1) is 12.7 Å². The molecule has 1 unspecified atom stereocenters. The Hall–Kier alpha value is -0.380. The van der Waals surface area contributed by atoms with Crippen LogP contribution in [0, 0.1) is 0 Å². The summed E-state index contributed by atoms with van der Waals surface area (Å²) in [7, 11) is 1.60. The maximum Gasteiger partial charge on any atom is 0.0897 e. The third-order valence-electron chi connectivity index (χ3n) is 2.50. The number of methoxy groups -OCH3 is 1. The minimum Gasteiger partial charge on any atom is -0.389 e. The van der Waals surface area contributed by atoms with Crippen LogP contribution >= 0.6 is 0 Å². The predicted molar refractivity (Wildman–Crippen MR) is 57.3 cm³/mol. The number of hydrogen-bond donors (Lipinski definition) is 2. The van der Waals surface area contributed by atoms with E-state index in [1.165, 1.54) is 19.3 Å². The van der Waals surface area contributed by atoms with Gasteiger partial charge in [-0.3, -0.25) is 0 Å². The molecule has 0 spiro atoms. The van der Waals surface area contributed by atoms with E-state index in [2.05, 4.69) is 11.4 Å². The van der Waals surface area contributed by atoms with Gasteiger partial charge >= 0.3 is 0 Å². The Balaban J connectivity index is 1.93. The summed E-state index contributed by atoms with van der Waals surface area (Å²) in [6.45, 7) is 2.00. The molecule has 0 aromatic carbocycles. The third kappa shape index (κ3) is 4.74. The van der Waals surface area contributed by atoms with Crippen molar-refractivity contribution in [3.63, 3.8) is 0 Å². The third-order valence-corrected chi connectivity index (χ3v) is 2.50. The molecule has 0 saturated heterocycles. The van der Waals surface area contributed by atoms with Crippen molar-refractivity contribution < 1.29 is 9.84 Å². The van der Waals surface area contributed by atoms with E-state index < -0.39 is 0 Å². The highest BCUT2D eigenvalue weighted by atomic mass is 16.5. The molecule has 0 bridgehead atoms. The second-order valence-corrected chi connectivity index (χ2v) is 3.82. The van der Waals surface area contributed by atoms with Crippen molar-refractivity contribution in [1.29, 1.82) is 0 Å². The van der Waals surface area contributed by atoms with Crippen LogP contribution in [0.3, 0.4) is 0 Å². The Morgan fingerprint density at radius 2 is 2.50 bits per heavy atom. The summed E-state index contributed by atoms with van der Waals surface area (Å²) in [4.78, 5) is 0. The maximum atomic E-state index is 9.34. The Kier molecular flexibility index (Phi) is 5.83. The van der Waals surface area contributed by atoms with Crippen LogP contribution in [0.1, 0.15) is 25.7 Å². The smallest absolute Gasteiger partial charge is 0.0897 e. The first-order valence-corrected chi connectivity index (χ1v) is 5.38. The molecule has 1 aliphatic carbocycles. The second kappa shape index (κ2) is 6.98. The molecule has 3 nitrogen and oxygen atoms in total. The number of hydrogen-bond acceptors (Lipinski definition) is 3. The number of rotatable bonds is 7. The van der Waals surface area contributed by atoms with E-state index >= 15 is 0 Å². The zero-order chi connectivity index (χ0) is 10.2. The molecule has 3 heteroatoms. The van der Waals surface area contributed by atoms with Gasteiger partial charge in [-0.05, 0) is 32.2 Å². The van der Waals surface area contributed by atoms with E-state index in [0.717, 1.165) is 13.0 Å². The molecule has 14 heavy (non-hydrogen) atoms. The first-order chi connectivity index (χ1) is 6.83. The number of aliphatic hydroxyl groups excluding tert-OH is 1. The van der Waals surface area contributed by atoms with Crippen LogP contribution in [0.25, 0.3) is 0 Å². The van der Waals surface area contributed by atoms with E-state index in [1.807, 2.05) is 0 Å². The van der Waals surface area contributed by atoms with Crippen LogP contribution in [0.5, 0.6) is 0 Å². The van der Waals surface area contributed by atoms with Crippen molar-refractivity contribution in [2.75, 3.05) is 26.8 Å². The van der Waals surface area contributed by atoms with Crippen molar-refractivity contribution in [2.45, 2.75) is 31.8 Å². The number of aliphatic hydroxyl groups is 1. The average molecular weight is 199 g/mol. The summed E-state index contributed by atoms with van der Waals surface area (Å²) >= 11 is 0. The highest BCUT2D eigenvalue weighted by molar-refractivity contribution is 5.07. The van der Waals surface area contributed by atoms with E-state index in [9.17, 15) is 5.11 Å². The summed E-state index contributed by atoms with van der Waals surface area (Å²) in [6.07, 6.45) is 6.93. The van der Waals surface area contributed by atoms with Crippen LogP contribution < -0.4 is 5.32 Å². The SMILES string of the molecule is COCC(O)CNCCC1=CCCC1. The highest BCUT2D eigenvalue weighted by Gasteiger charge is 2.05. The van der Waals surface area contributed by atoms with Crippen LogP contribution in [0.15, 0.2) is 11.6 Å². The van der Waals surface area contributed by atoms with Crippen LogP contribution in [0.2, 0.25) is 0 Å². The van der Waals surface area contributed by atoms with E-state index in [4.69, 9.17) is 4.74 Å². The van der Waals surface area contributed by atoms with Gasteiger partial charge in [-0.2, -0.15) is 0 Å². The van der Waals surface area contributed by atoms with Gasteiger partial charge < -0.3 is 15.2 Å². The van der Waals surface area contributed by atoms with Gasteiger partial charge in [-0.1, -0.05) is 11.6 Å². The van der Waals surface area contributed by atoms with E-state index in [0.29, 0.717) is 13.2 Å². The van der Waals surface area contributed by atoms with Crippen molar-refractivity contribution in [2.24, 2.45) is 0 Å². The van der Waals surface area contributed by atoms with Crippen molar-refractivity contribution in [3.05, 3.63) is 11.6 Å². The molecular weight excluding hydrogens is 178 g/mol. The fraction of sp³-hybridized carbons (Fsp3) is 0.818. The van der Waals surface area contributed by atoms with E-state index in [-0.39, 0.29) is 6.10 Å². The van der Waals surface area contributed by atoms with Gasteiger partial charge in [-0.25, -0.2) is 0 Å². The molecule has 0 aliphatic heterocycles. The Labute approximate surface area is 86.2 Å². The molecule has 1 atom stereocenters. The van der Waals surface area contributed by atoms with Crippen LogP contribution in [-0.4, -0.2) is 38.0 Å². The van der Waals surface area contributed by atoms with Gasteiger partial charge in [0.2, 0.25) is 0 Å². The lowest BCUT2D eigenvalue weighted by atomic mass is 10.2. The quantitative estimate of drug-likeness (QED) is 0.476. The Morgan fingerprint density at radius 1 is 1.64 bits per heavy atom. The van der Waals surface area contributed by atoms with Gasteiger partial charge in [-0.15, -0.1) is 0 Å². The first-order valence-electron chi connectivity index (χ1n) is 5.38. The molecule has 1 aliphatic rings. The summed E-state index contributed by atoms with van der Waals surface area (Å²) in [5.74, 6) is 0. The normalized spacial score (nSPS) is 18.3. The van der Waals surface area contributed by atoms with Crippen molar-refractivity contribution in [1.82, 2.24) is 5.32 Å². The molecule has 0 saturated carbocycles. The summed E-state index contributed by atoms with van der Waals surface area (Å²) in [6, 6.07) is 0. The lowest BCUT2D eigenvalue weighted by molar-refractivity contribution is 0.0648. The molecule has 1 rings (SSSR count). The zero-order valence-electron chi connectivity index (χ0n) is 8.96. The minimum atomic E-state index is -0.377. The summed E-state index contributed by atoms with van der Waals surface area (Å²) in [5, 5.41) is 12.6. The molecule has 2 N–H and O–H groups in total. The molecule has 0 radical (unpaired) electrons. The highest BCUT2D eigenvalue weighted by Crippen LogP contribution is 2.19. The number of allylic oxidation sites excluding steroid dienone is 1. The van der Waals surface area contributed by atoms with Gasteiger partial charge in [0.15, 0.2) is 0 Å². The zero-order valence-corrected chi connectivity index (χ0v) is 8.96. The molecule has 0 aromatic heterocycles. The molecular formula is C11H21NO2. The Bertz CT molecular complexity index is 180. The molecule has 0 heterocycles. The fourth-order valence-corrected chi connectivity index (χ4v) is 1.73. The Morgan fingerprint density at radius 3 is 3.14 bits per heavy atom. The lowest BCUT2D eigenvalue weighted by Gasteiger charge is -2.10. The second-order valence-electron chi connectivity index (χ2n) is 3.82. The van der Waals surface area contributed by atoms with E-state index in [1.54, 1.807) is 12.7 Å². The minimum absolute atomic E-state index is 0.377. The maximum absolute atomic E-state index is 9.34. The van der Waals surface area contributed by atoms with Crippen molar-refractivity contribution in [3.8, 4) is 0 Å². The fourth-order valence-electron chi connectivity index (χ4n) is 1.73. The number of nitrogens with one attached hydrogen (secondary N) is 1. The monoisotopic (exact) mass is 199 g/mol. The topological polar surface area (TPSA) is 41.5 Å². The van der Waals surface area contributed by atoms with Gasteiger partial charge in [0, 0.05) is 13.7 Å². The largest absolute Gasteiger partial charge is 0.389 e. The predicted octanol–water partition coefficient (Wildman–Crippen LogP) is 1.08. The summed E-state index contributed by atoms with van der Waals surface area (Å²) < 4.78 is 4.83. The van der Waals surface area contributed by atoms with Gasteiger partial charge in [0.25, 0.3) is 0 Å². The molecule has 82 valence electrons. The van der Waals surface area contributed by atoms with Crippen LogP contribution in [-0.2, 0) is 4.74 Å². The van der Waals surface area contributed by atoms with Crippen molar-refractivity contribution >= 4 is 0 Å². The number of ether oxygens (including phenoxy) is 1. The lowest BCUT2D eigenvalue weighted by Crippen LogP contribution is -2.30. The molecule has 0 amide bonds. The van der Waals surface area contributed by atoms with Crippen LogP contribution in [0.4, 0.5) is 0 Å². The van der Waals surface area contributed by atoms with Gasteiger partial charge in [0.1, 0.15) is 0 Å². The average Bonchev–Trinajstić information content (AvgIpc) is 2.65.